The SMILES string of the molecule is NCc1ccccc1C(O)C(O)C(=O)O. The highest BCUT2D eigenvalue weighted by atomic mass is 16.4. The molecule has 1 aromatic carbocycles. The van der Waals surface area contributed by atoms with Crippen molar-refractivity contribution >= 4 is 5.97 Å². The lowest BCUT2D eigenvalue weighted by Crippen LogP contribution is -2.28. The first-order chi connectivity index (χ1) is 7.07. The quantitative estimate of drug-likeness (QED) is 0.543. The minimum Gasteiger partial charge on any atom is -0.479 e. The molecule has 5 heteroatoms. The Hall–Kier alpha value is -1.43. The Morgan fingerprint density at radius 1 is 1.33 bits per heavy atom. The minimum atomic E-state index is -1.84. The van der Waals surface area contributed by atoms with E-state index in [1.165, 1.54) is 0 Å². The van der Waals surface area contributed by atoms with E-state index in [1.807, 2.05) is 0 Å². The van der Waals surface area contributed by atoms with Crippen LogP contribution in [0.3, 0.4) is 0 Å². The van der Waals surface area contributed by atoms with Crippen molar-refractivity contribution in [1.29, 1.82) is 0 Å². The largest absolute Gasteiger partial charge is 0.479 e. The average Bonchev–Trinajstić information content (AvgIpc) is 2.26. The Kier molecular flexibility index (Phi) is 3.79. The number of aliphatic hydroxyl groups is 2. The smallest absolute Gasteiger partial charge is 0.335 e. The standard InChI is InChI=1S/C10H13NO4/c11-5-6-3-1-2-4-7(6)8(12)9(13)10(14)15/h1-4,8-9,12-13H,5,11H2,(H,14,15). The van der Waals surface area contributed by atoms with Crippen molar-refractivity contribution in [2.75, 3.05) is 0 Å². The fourth-order valence-corrected chi connectivity index (χ4v) is 1.31. The normalized spacial score (nSPS) is 14.6. The third-order valence-corrected chi connectivity index (χ3v) is 2.15. The number of hydrogen-bond donors (Lipinski definition) is 4. The van der Waals surface area contributed by atoms with Crippen LogP contribution in [-0.2, 0) is 11.3 Å². The van der Waals surface area contributed by atoms with Crippen LogP contribution >= 0.6 is 0 Å². The molecule has 5 nitrogen and oxygen atoms in total. The summed E-state index contributed by atoms with van der Waals surface area (Å²) in [5.41, 5.74) is 6.38. The van der Waals surface area contributed by atoms with Gasteiger partial charge in [0.05, 0.1) is 0 Å². The van der Waals surface area contributed by atoms with E-state index in [0.29, 0.717) is 11.1 Å². The fraction of sp³-hybridized carbons (Fsp3) is 0.300. The Morgan fingerprint density at radius 3 is 2.47 bits per heavy atom. The lowest BCUT2D eigenvalue weighted by Gasteiger charge is -2.17. The molecule has 0 spiro atoms. The van der Waals surface area contributed by atoms with Gasteiger partial charge in [0.25, 0.3) is 0 Å². The molecule has 5 N–H and O–H groups in total. The molecule has 0 saturated heterocycles. The average molecular weight is 211 g/mol. The highest BCUT2D eigenvalue weighted by Gasteiger charge is 2.26. The molecule has 0 aliphatic rings. The first-order valence-electron chi connectivity index (χ1n) is 4.44. The number of hydrogen-bond acceptors (Lipinski definition) is 4. The van der Waals surface area contributed by atoms with E-state index in [9.17, 15) is 15.0 Å². The first-order valence-corrected chi connectivity index (χ1v) is 4.44. The number of rotatable bonds is 4. The summed E-state index contributed by atoms with van der Waals surface area (Å²) in [4.78, 5) is 10.5. The number of aliphatic hydroxyl groups excluding tert-OH is 2. The molecule has 2 atom stereocenters. The van der Waals surface area contributed by atoms with Crippen LogP contribution in [0.2, 0.25) is 0 Å². The van der Waals surface area contributed by atoms with Gasteiger partial charge in [0.15, 0.2) is 6.10 Å². The van der Waals surface area contributed by atoms with Gasteiger partial charge in [0.1, 0.15) is 6.10 Å². The van der Waals surface area contributed by atoms with Gasteiger partial charge < -0.3 is 21.1 Å². The molecule has 0 aliphatic carbocycles. The molecule has 0 radical (unpaired) electrons. The van der Waals surface area contributed by atoms with Gasteiger partial charge in [-0.15, -0.1) is 0 Å². The zero-order valence-electron chi connectivity index (χ0n) is 8.00. The second-order valence-corrected chi connectivity index (χ2v) is 3.13. The summed E-state index contributed by atoms with van der Waals surface area (Å²) in [7, 11) is 0. The molecule has 0 fully saturated rings. The summed E-state index contributed by atoms with van der Waals surface area (Å²) in [6, 6.07) is 6.59. The molecule has 82 valence electrons. The van der Waals surface area contributed by atoms with Crippen LogP contribution in [0.1, 0.15) is 17.2 Å². The van der Waals surface area contributed by atoms with Crippen LogP contribution in [0.5, 0.6) is 0 Å². The van der Waals surface area contributed by atoms with E-state index >= 15 is 0 Å². The Bertz CT molecular complexity index is 353. The number of carbonyl (C=O) groups is 1. The number of benzene rings is 1. The monoisotopic (exact) mass is 211 g/mol. The maximum Gasteiger partial charge on any atom is 0.335 e. The highest BCUT2D eigenvalue weighted by molar-refractivity contribution is 5.73. The fourth-order valence-electron chi connectivity index (χ4n) is 1.31. The summed E-state index contributed by atoms with van der Waals surface area (Å²) in [6.07, 6.45) is -3.29. The van der Waals surface area contributed by atoms with E-state index in [0.717, 1.165) is 0 Å². The van der Waals surface area contributed by atoms with Crippen LogP contribution in [0, 0.1) is 0 Å². The van der Waals surface area contributed by atoms with Crippen molar-refractivity contribution in [1.82, 2.24) is 0 Å². The number of carboxylic acid groups (broad SMARTS) is 1. The van der Waals surface area contributed by atoms with Gasteiger partial charge in [-0.25, -0.2) is 4.79 Å². The zero-order valence-corrected chi connectivity index (χ0v) is 8.00. The molecule has 2 unspecified atom stereocenters. The molecular weight excluding hydrogens is 198 g/mol. The van der Waals surface area contributed by atoms with Crippen LogP contribution in [0.25, 0.3) is 0 Å². The number of nitrogens with two attached hydrogens (primary N) is 1. The summed E-state index contributed by atoms with van der Waals surface area (Å²) in [5, 5.41) is 27.3. The van der Waals surface area contributed by atoms with Crippen LogP contribution < -0.4 is 5.73 Å². The molecule has 0 saturated carbocycles. The second-order valence-electron chi connectivity index (χ2n) is 3.13. The Balaban J connectivity index is 2.99. The molecule has 0 aliphatic heterocycles. The van der Waals surface area contributed by atoms with Gasteiger partial charge in [-0.05, 0) is 11.1 Å². The highest BCUT2D eigenvalue weighted by Crippen LogP contribution is 2.20. The van der Waals surface area contributed by atoms with Gasteiger partial charge in [-0.1, -0.05) is 24.3 Å². The Labute approximate surface area is 86.8 Å². The predicted octanol–water partition coefficient (Wildman–Crippen LogP) is -0.376. The molecule has 1 aromatic rings. The molecule has 0 heterocycles. The summed E-state index contributed by atoms with van der Waals surface area (Å²) >= 11 is 0. The van der Waals surface area contributed by atoms with Crippen LogP contribution in [0.15, 0.2) is 24.3 Å². The third kappa shape index (κ3) is 2.53. The summed E-state index contributed by atoms with van der Waals surface area (Å²) in [5.74, 6) is -1.46. The van der Waals surface area contributed by atoms with Gasteiger partial charge in [-0.2, -0.15) is 0 Å². The minimum absolute atomic E-state index is 0.180. The van der Waals surface area contributed by atoms with E-state index in [4.69, 9.17) is 10.8 Å². The van der Waals surface area contributed by atoms with E-state index in [1.54, 1.807) is 24.3 Å². The van der Waals surface area contributed by atoms with Crippen LogP contribution in [0.4, 0.5) is 0 Å². The predicted molar refractivity (Wildman–Crippen MR) is 52.9 cm³/mol. The molecular formula is C10H13NO4. The van der Waals surface area contributed by atoms with E-state index < -0.39 is 18.2 Å². The maximum atomic E-state index is 10.5. The maximum absolute atomic E-state index is 10.5. The first kappa shape index (κ1) is 11.6. The molecule has 0 aromatic heterocycles. The van der Waals surface area contributed by atoms with Gasteiger partial charge in [0.2, 0.25) is 0 Å². The Morgan fingerprint density at radius 2 is 1.93 bits per heavy atom. The van der Waals surface area contributed by atoms with Gasteiger partial charge in [-0.3, -0.25) is 0 Å². The summed E-state index contributed by atoms with van der Waals surface area (Å²) < 4.78 is 0. The van der Waals surface area contributed by atoms with Crippen molar-refractivity contribution in [3.63, 3.8) is 0 Å². The molecule has 0 bridgehead atoms. The second kappa shape index (κ2) is 4.88. The van der Waals surface area contributed by atoms with Crippen molar-refractivity contribution in [2.45, 2.75) is 18.8 Å². The lowest BCUT2D eigenvalue weighted by molar-refractivity contribution is -0.153. The third-order valence-electron chi connectivity index (χ3n) is 2.15. The van der Waals surface area contributed by atoms with Crippen molar-refractivity contribution in [3.05, 3.63) is 35.4 Å². The summed E-state index contributed by atoms with van der Waals surface area (Å²) in [6.45, 7) is 0.180. The van der Waals surface area contributed by atoms with Crippen molar-refractivity contribution < 1.29 is 20.1 Å². The topological polar surface area (TPSA) is 104 Å². The van der Waals surface area contributed by atoms with Crippen LogP contribution in [-0.4, -0.2) is 27.4 Å². The van der Waals surface area contributed by atoms with Gasteiger partial charge >= 0.3 is 5.97 Å². The van der Waals surface area contributed by atoms with E-state index in [-0.39, 0.29) is 6.54 Å². The zero-order chi connectivity index (χ0) is 11.4. The number of aliphatic carboxylic acids is 1. The number of carboxylic acids is 1. The van der Waals surface area contributed by atoms with Crippen molar-refractivity contribution in [2.24, 2.45) is 5.73 Å². The molecule has 1 rings (SSSR count). The van der Waals surface area contributed by atoms with Gasteiger partial charge in [0, 0.05) is 6.54 Å². The molecule has 15 heavy (non-hydrogen) atoms. The van der Waals surface area contributed by atoms with E-state index in [2.05, 4.69) is 0 Å². The molecule has 0 amide bonds. The lowest BCUT2D eigenvalue weighted by atomic mass is 9.99. The van der Waals surface area contributed by atoms with Crippen molar-refractivity contribution in [3.8, 4) is 0 Å².